The lowest BCUT2D eigenvalue weighted by molar-refractivity contribution is -0.126. The quantitative estimate of drug-likeness (QED) is 0.627. The molecule has 1 saturated carbocycles. The molecule has 8 heteroatoms. The van der Waals surface area contributed by atoms with E-state index in [-0.39, 0.29) is 16.7 Å². The number of piperidine rings is 1. The minimum atomic E-state index is -3.60. The number of rotatable bonds is 6. The number of benzene rings is 2. The van der Waals surface area contributed by atoms with Crippen molar-refractivity contribution in [3.63, 3.8) is 0 Å². The molecule has 2 aliphatic heterocycles. The normalized spacial score (nSPS) is 25.1. The van der Waals surface area contributed by atoms with Crippen LogP contribution in [0, 0.1) is 5.92 Å². The Balaban J connectivity index is 1.21. The molecule has 1 amide bonds. The van der Waals surface area contributed by atoms with Gasteiger partial charge in [-0.1, -0.05) is 18.2 Å². The van der Waals surface area contributed by atoms with E-state index in [9.17, 15) is 13.2 Å². The van der Waals surface area contributed by atoms with Gasteiger partial charge in [-0.3, -0.25) is 4.79 Å². The summed E-state index contributed by atoms with van der Waals surface area (Å²) in [5.74, 6) is 1.14. The molecule has 0 spiro atoms. The highest BCUT2D eigenvalue weighted by Gasteiger charge is 2.36. The number of fused-ring (bicyclic) bond motifs is 1. The fourth-order valence-electron chi connectivity index (χ4n) is 5.31. The van der Waals surface area contributed by atoms with Crippen LogP contribution in [0.2, 0.25) is 0 Å². The fourth-order valence-corrected chi connectivity index (χ4v) is 7.88. The third-order valence-electron chi connectivity index (χ3n) is 7.35. The molecule has 34 heavy (non-hydrogen) atoms. The molecule has 2 N–H and O–H groups in total. The number of nitrogens with zero attached hydrogens (tertiary/aromatic N) is 1. The van der Waals surface area contributed by atoms with E-state index in [0.29, 0.717) is 22.7 Å². The van der Waals surface area contributed by atoms with Gasteiger partial charge in [-0.15, -0.1) is 11.8 Å². The lowest BCUT2D eigenvalue weighted by Crippen LogP contribution is -2.41. The minimum absolute atomic E-state index is 0.0549. The molecule has 3 atom stereocenters. The number of hydrogen-bond donors (Lipinski definition) is 2. The second-order valence-electron chi connectivity index (χ2n) is 9.58. The molecule has 2 aromatic carbocycles. The third kappa shape index (κ3) is 5.14. The lowest BCUT2D eigenvalue weighted by atomic mass is 9.85. The van der Waals surface area contributed by atoms with Gasteiger partial charge in [0.05, 0.1) is 9.79 Å². The summed E-state index contributed by atoms with van der Waals surface area (Å²) in [4.78, 5) is 15.6. The van der Waals surface area contributed by atoms with Gasteiger partial charge in [0.2, 0.25) is 15.7 Å². The van der Waals surface area contributed by atoms with Crippen molar-refractivity contribution in [3.05, 3.63) is 54.1 Å². The minimum Gasteiger partial charge on any atom is -0.372 e. The van der Waals surface area contributed by atoms with Gasteiger partial charge < -0.3 is 15.5 Å². The number of anilines is 1. The average molecular weight is 500 g/mol. The first-order valence-electron chi connectivity index (χ1n) is 12.3. The zero-order valence-corrected chi connectivity index (χ0v) is 21.0. The van der Waals surface area contributed by atoms with Crippen LogP contribution in [0.5, 0.6) is 0 Å². The first-order chi connectivity index (χ1) is 16.5. The van der Waals surface area contributed by atoms with Gasteiger partial charge in [0, 0.05) is 48.4 Å². The van der Waals surface area contributed by atoms with E-state index in [1.54, 1.807) is 36.4 Å². The summed E-state index contributed by atoms with van der Waals surface area (Å²) < 4.78 is 26.5. The van der Waals surface area contributed by atoms with Gasteiger partial charge in [0.1, 0.15) is 0 Å². The first-order valence-corrected chi connectivity index (χ1v) is 14.9. The second-order valence-corrected chi connectivity index (χ2v) is 12.8. The van der Waals surface area contributed by atoms with Gasteiger partial charge >= 0.3 is 0 Å². The van der Waals surface area contributed by atoms with Crippen LogP contribution in [0.3, 0.4) is 0 Å². The third-order valence-corrected chi connectivity index (χ3v) is 10.4. The molecular weight excluding hydrogens is 466 g/mol. The molecule has 0 bridgehead atoms. The molecule has 6 nitrogen and oxygen atoms in total. The Morgan fingerprint density at radius 2 is 1.82 bits per heavy atom. The highest BCUT2D eigenvalue weighted by atomic mass is 32.2. The topological polar surface area (TPSA) is 78.5 Å². The Hall–Kier alpha value is -2.03. The largest absolute Gasteiger partial charge is 0.372 e. The zero-order valence-electron chi connectivity index (χ0n) is 19.4. The van der Waals surface area contributed by atoms with Gasteiger partial charge in [-0.25, -0.2) is 8.42 Å². The lowest BCUT2D eigenvalue weighted by Gasteiger charge is -2.30. The standard InChI is InChI=1S/C26H33N3O3S2/c30-26(20-9-12-25-24(15-20)28-18-33-25)27-17-19-7-10-22(11-8-19)34(31,32)23-6-4-5-21(16-23)29-13-2-1-3-14-29/h4-8,10-11,16,20,24-25,28H,1-3,9,12-15,17-18H2,(H,27,30). The summed E-state index contributed by atoms with van der Waals surface area (Å²) in [7, 11) is -3.60. The molecule has 2 saturated heterocycles. The van der Waals surface area contributed by atoms with Crippen molar-refractivity contribution in [1.82, 2.24) is 10.6 Å². The number of thioether (sulfide) groups is 1. The van der Waals surface area contributed by atoms with E-state index in [0.717, 1.165) is 62.3 Å². The predicted molar refractivity (Wildman–Crippen MR) is 137 cm³/mol. The van der Waals surface area contributed by atoms with E-state index in [1.807, 2.05) is 23.9 Å². The number of carbonyl (C=O) groups excluding carboxylic acids is 1. The van der Waals surface area contributed by atoms with E-state index >= 15 is 0 Å². The van der Waals surface area contributed by atoms with Crippen molar-refractivity contribution in [2.45, 2.75) is 66.2 Å². The molecule has 5 rings (SSSR count). The van der Waals surface area contributed by atoms with Crippen LogP contribution in [0.4, 0.5) is 5.69 Å². The molecule has 0 radical (unpaired) electrons. The molecule has 0 aromatic heterocycles. The van der Waals surface area contributed by atoms with Gasteiger partial charge in [-0.2, -0.15) is 0 Å². The number of carbonyl (C=O) groups is 1. The van der Waals surface area contributed by atoms with Crippen LogP contribution >= 0.6 is 11.8 Å². The van der Waals surface area contributed by atoms with Crippen LogP contribution in [0.15, 0.2) is 58.3 Å². The Morgan fingerprint density at radius 3 is 2.62 bits per heavy atom. The predicted octanol–water partition coefficient (Wildman–Crippen LogP) is 3.96. The molecule has 3 aliphatic rings. The summed E-state index contributed by atoms with van der Waals surface area (Å²) in [5, 5.41) is 7.20. The van der Waals surface area contributed by atoms with Crippen LogP contribution in [-0.4, -0.2) is 44.6 Å². The zero-order chi connectivity index (χ0) is 23.5. The Bertz CT molecular complexity index is 1110. The van der Waals surface area contributed by atoms with Crippen LogP contribution in [-0.2, 0) is 21.2 Å². The van der Waals surface area contributed by atoms with Crippen LogP contribution in [0.25, 0.3) is 0 Å². The van der Waals surface area contributed by atoms with Gasteiger partial charge in [0.15, 0.2) is 0 Å². The van der Waals surface area contributed by atoms with E-state index in [1.165, 1.54) is 6.42 Å². The molecular formula is C26H33N3O3S2. The van der Waals surface area contributed by atoms with Crippen molar-refractivity contribution >= 4 is 33.2 Å². The summed E-state index contributed by atoms with van der Waals surface area (Å²) in [6.07, 6.45) is 6.46. The van der Waals surface area contributed by atoms with Crippen molar-refractivity contribution in [2.24, 2.45) is 5.92 Å². The fraction of sp³-hybridized carbons (Fsp3) is 0.500. The van der Waals surface area contributed by atoms with Crippen molar-refractivity contribution in [1.29, 1.82) is 0 Å². The first kappa shape index (κ1) is 23.7. The molecule has 2 aromatic rings. The van der Waals surface area contributed by atoms with Crippen molar-refractivity contribution in [3.8, 4) is 0 Å². The summed E-state index contributed by atoms with van der Waals surface area (Å²) in [6.45, 7) is 2.36. The van der Waals surface area contributed by atoms with Crippen molar-refractivity contribution < 1.29 is 13.2 Å². The maximum absolute atomic E-state index is 13.2. The maximum Gasteiger partial charge on any atom is 0.223 e. The number of nitrogens with one attached hydrogen (secondary N) is 2. The van der Waals surface area contributed by atoms with E-state index in [2.05, 4.69) is 15.5 Å². The van der Waals surface area contributed by atoms with E-state index in [4.69, 9.17) is 0 Å². The SMILES string of the molecule is O=C(NCc1ccc(S(=O)(=O)c2cccc(N3CCCCC3)c2)cc1)C1CCC2SCNC2C1. The average Bonchev–Trinajstić information content (AvgIpc) is 3.36. The Kier molecular flexibility index (Phi) is 7.18. The number of hydrogen-bond acceptors (Lipinski definition) is 6. The Morgan fingerprint density at radius 1 is 1.03 bits per heavy atom. The van der Waals surface area contributed by atoms with Gasteiger partial charge in [0.25, 0.3) is 0 Å². The second kappa shape index (κ2) is 10.3. The highest BCUT2D eigenvalue weighted by Crippen LogP contribution is 2.36. The molecule has 3 unspecified atom stereocenters. The summed E-state index contributed by atoms with van der Waals surface area (Å²) >= 11 is 1.97. The Labute approximate surface area is 206 Å². The molecule has 2 heterocycles. The highest BCUT2D eigenvalue weighted by molar-refractivity contribution is 8.00. The molecule has 182 valence electrons. The molecule has 3 fully saturated rings. The maximum atomic E-state index is 13.2. The van der Waals surface area contributed by atoms with E-state index < -0.39 is 9.84 Å². The number of amides is 1. The molecule has 1 aliphatic carbocycles. The smallest absolute Gasteiger partial charge is 0.223 e. The van der Waals surface area contributed by atoms with Crippen LogP contribution < -0.4 is 15.5 Å². The summed E-state index contributed by atoms with van der Waals surface area (Å²) in [6, 6.07) is 14.6. The summed E-state index contributed by atoms with van der Waals surface area (Å²) in [5.41, 5.74) is 1.87. The van der Waals surface area contributed by atoms with Crippen molar-refractivity contribution in [2.75, 3.05) is 23.9 Å². The number of sulfone groups is 1. The monoisotopic (exact) mass is 499 g/mol. The van der Waals surface area contributed by atoms with Crippen LogP contribution in [0.1, 0.15) is 44.1 Å². The van der Waals surface area contributed by atoms with Gasteiger partial charge in [-0.05, 0) is 74.4 Å².